The van der Waals surface area contributed by atoms with Crippen LogP contribution in [0.25, 0.3) is 11.0 Å². The van der Waals surface area contributed by atoms with Gasteiger partial charge in [0.05, 0.1) is 30.2 Å². The zero-order valence-electron chi connectivity index (χ0n) is 12.0. The second-order valence-electron chi connectivity index (χ2n) is 5.49. The smallest absolute Gasteiger partial charge is 0.351 e. The summed E-state index contributed by atoms with van der Waals surface area (Å²) in [6, 6.07) is 1.72. The van der Waals surface area contributed by atoms with Crippen molar-refractivity contribution in [3.05, 3.63) is 45.5 Å². The molecule has 7 heteroatoms. The number of carbonyl (C=O) groups excluding carboxylic acids is 1. The van der Waals surface area contributed by atoms with Crippen molar-refractivity contribution in [2.75, 3.05) is 7.11 Å². The highest BCUT2D eigenvalue weighted by molar-refractivity contribution is 6.02. The quantitative estimate of drug-likeness (QED) is 0.586. The summed E-state index contributed by atoms with van der Waals surface area (Å²) in [5.74, 6) is 0.164. The molecule has 4 heterocycles. The monoisotopic (exact) mass is 314 g/mol. The predicted molar refractivity (Wildman–Crippen MR) is 75.5 cm³/mol. The van der Waals surface area contributed by atoms with Gasteiger partial charge in [0.25, 0.3) is 6.29 Å². The van der Waals surface area contributed by atoms with Gasteiger partial charge in [-0.05, 0) is 6.08 Å². The van der Waals surface area contributed by atoms with E-state index < -0.39 is 17.9 Å². The largest absolute Gasteiger partial charge is 0.496 e. The van der Waals surface area contributed by atoms with Crippen LogP contribution in [0.15, 0.2) is 27.6 Å². The van der Waals surface area contributed by atoms with Crippen LogP contribution in [0, 0.1) is 0 Å². The fourth-order valence-electron chi connectivity index (χ4n) is 3.39. The van der Waals surface area contributed by atoms with Crippen LogP contribution >= 0.6 is 0 Å². The third kappa shape index (κ3) is 1.44. The van der Waals surface area contributed by atoms with E-state index in [-0.39, 0.29) is 18.1 Å². The fourth-order valence-corrected chi connectivity index (χ4v) is 3.39. The van der Waals surface area contributed by atoms with Gasteiger partial charge in [0.15, 0.2) is 5.56 Å². The third-order valence-electron chi connectivity index (χ3n) is 4.39. The predicted octanol–water partition coefficient (Wildman–Crippen LogP) is 1.82. The second kappa shape index (κ2) is 4.07. The summed E-state index contributed by atoms with van der Waals surface area (Å²) in [6.45, 7) is 0.0205. The summed E-state index contributed by atoms with van der Waals surface area (Å²) in [5.41, 5.74) is 0.788. The van der Waals surface area contributed by atoms with Gasteiger partial charge in [-0.1, -0.05) is 0 Å². The van der Waals surface area contributed by atoms with E-state index in [0.29, 0.717) is 28.0 Å². The zero-order valence-corrected chi connectivity index (χ0v) is 12.0. The third-order valence-corrected chi connectivity index (χ3v) is 4.39. The van der Waals surface area contributed by atoms with E-state index in [1.54, 1.807) is 12.3 Å². The number of benzene rings is 1. The van der Waals surface area contributed by atoms with Crippen molar-refractivity contribution in [2.24, 2.45) is 0 Å². The Bertz CT molecular complexity index is 969. The van der Waals surface area contributed by atoms with Crippen molar-refractivity contribution >= 4 is 16.9 Å². The molecule has 23 heavy (non-hydrogen) atoms. The fraction of sp³-hybridized carbons (Fsp3) is 0.250. The molecule has 0 saturated heterocycles. The van der Waals surface area contributed by atoms with Gasteiger partial charge in [0, 0.05) is 11.6 Å². The summed E-state index contributed by atoms with van der Waals surface area (Å²) in [7, 11) is 1.50. The van der Waals surface area contributed by atoms with E-state index in [2.05, 4.69) is 0 Å². The molecule has 2 atom stereocenters. The van der Waals surface area contributed by atoms with E-state index >= 15 is 0 Å². The van der Waals surface area contributed by atoms with Crippen LogP contribution in [0.4, 0.5) is 0 Å². The minimum Gasteiger partial charge on any atom is -0.496 e. The Labute approximate surface area is 129 Å². The molecule has 0 radical (unpaired) electrons. The molecule has 0 amide bonds. The second-order valence-corrected chi connectivity index (χ2v) is 5.49. The number of esters is 1. The zero-order chi connectivity index (χ0) is 15.7. The first-order valence-corrected chi connectivity index (χ1v) is 7.05. The first-order valence-electron chi connectivity index (χ1n) is 7.05. The summed E-state index contributed by atoms with van der Waals surface area (Å²) in [5, 5.41) is 0.566. The molecule has 0 aliphatic carbocycles. The molecule has 2 aromatic rings. The number of methoxy groups -OCH3 is 1. The molecule has 1 aromatic carbocycles. The highest BCUT2D eigenvalue weighted by Crippen LogP contribution is 2.49. The lowest BCUT2D eigenvalue weighted by Crippen LogP contribution is -2.15. The molecule has 0 fully saturated rings. The first kappa shape index (κ1) is 12.6. The van der Waals surface area contributed by atoms with Gasteiger partial charge < -0.3 is 23.4 Å². The molecule has 0 bridgehead atoms. The van der Waals surface area contributed by atoms with E-state index in [9.17, 15) is 9.59 Å². The van der Waals surface area contributed by atoms with Gasteiger partial charge in [-0.25, -0.2) is 9.59 Å². The average Bonchev–Trinajstić information content (AvgIpc) is 3.20. The lowest BCUT2D eigenvalue weighted by Gasteiger charge is -2.11. The molecule has 0 N–H and O–H groups in total. The number of carbonyl (C=O) groups is 1. The molecule has 1 aromatic heterocycles. The van der Waals surface area contributed by atoms with E-state index in [4.69, 9.17) is 23.4 Å². The molecular weight excluding hydrogens is 304 g/mol. The highest BCUT2D eigenvalue weighted by atomic mass is 16.7. The number of fused-ring (bicyclic) bond motifs is 7. The van der Waals surface area contributed by atoms with E-state index in [0.717, 1.165) is 5.56 Å². The van der Waals surface area contributed by atoms with Crippen LogP contribution in [0.1, 0.15) is 27.4 Å². The van der Waals surface area contributed by atoms with Crippen molar-refractivity contribution < 1.29 is 28.2 Å². The van der Waals surface area contributed by atoms with E-state index in [1.165, 1.54) is 7.11 Å². The van der Waals surface area contributed by atoms with Gasteiger partial charge in [0.1, 0.15) is 23.7 Å². The minimum absolute atomic E-state index is 0.0205. The van der Waals surface area contributed by atoms with Crippen LogP contribution in [0.3, 0.4) is 0 Å². The van der Waals surface area contributed by atoms with Crippen molar-refractivity contribution in [1.82, 2.24) is 0 Å². The van der Waals surface area contributed by atoms with Gasteiger partial charge in [-0.3, -0.25) is 0 Å². The first-order chi connectivity index (χ1) is 11.2. The minimum atomic E-state index is -0.711. The molecular formula is C16H10O7. The number of ether oxygens (including phenoxy) is 4. The summed E-state index contributed by atoms with van der Waals surface area (Å²) in [6.07, 6.45) is 2.93. The Balaban J connectivity index is 1.94. The number of rotatable bonds is 1. The number of hydrogen-bond donors (Lipinski definition) is 0. The van der Waals surface area contributed by atoms with Crippen LogP contribution in [-0.4, -0.2) is 19.4 Å². The molecule has 0 saturated carbocycles. The van der Waals surface area contributed by atoms with Crippen molar-refractivity contribution in [1.29, 1.82) is 0 Å². The summed E-state index contributed by atoms with van der Waals surface area (Å²) >= 11 is 0. The van der Waals surface area contributed by atoms with Crippen LogP contribution < -0.4 is 15.1 Å². The van der Waals surface area contributed by atoms with E-state index in [1.807, 2.05) is 6.08 Å². The molecule has 3 aliphatic heterocycles. The standard InChI is InChI=1S/C16H10O7/c1-19-8-4-9-10(6-2-3-20-16(6)22-9)13-11(8)7-5-21-14(17)12(7)15(18)23-13/h2-4,6,16H,5H2,1H3. The normalized spacial score (nSPS) is 23.1. The van der Waals surface area contributed by atoms with Crippen LogP contribution in [-0.2, 0) is 16.1 Å². The molecule has 2 unspecified atom stereocenters. The van der Waals surface area contributed by atoms with Gasteiger partial charge in [-0.15, -0.1) is 0 Å². The van der Waals surface area contributed by atoms with Gasteiger partial charge in [-0.2, -0.15) is 0 Å². The van der Waals surface area contributed by atoms with Gasteiger partial charge >= 0.3 is 11.6 Å². The lowest BCUT2D eigenvalue weighted by atomic mass is 9.95. The average molecular weight is 314 g/mol. The Morgan fingerprint density at radius 1 is 1.30 bits per heavy atom. The summed E-state index contributed by atoms with van der Waals surface area (Å²) < 4.78 is 27.0. The topological polar surface area (TPSA) is 84.2 Å². The lowest BCUT2D eigenvalue weighted by molar-refractivity contribution is -0.00485. The molecule has 0 spiro atoms. The number of hydrogen-bond acceptors (Lipinski definition) is 7. The Morgan fingerprint density at radius 2 is 2.17 bits per heavy atom. The number of cyclic esters (lactones) is 1. The van der Waals surface area contributed by atoms with Crippen LogP contribution in [0.5, 0.6) is 11.5 Å². The Kier molecular flexibility index (Phi) is 2.22. The maximum atomic E-state index is 12.2. The molecule has 7 nitrogen and oxygen atoms in total. The highest BCUT2D eigenvalue weighted by Gasteiger charge is 2.42. The Hall–Kier alpha value is -2.96. The maximum absolute atomic E-state index is 12.2. The van der Waals surface area contributed by atoms with Crippen molar-refractivity contribution in [2.45, 2.75) is 18.8 Å². The summed E-state index contributed by atoms with van der Waals surface area (Å²) in [4.78, 5) is 24.0. The SMILES string of the molecule is COc1cc2c(c3oc(=O)c4c(c13)COC4=O)C1C=COC1O2. The maximum Gasteiger partial charge on any atom is 0.351 e. The van der Waals surface area contributed by atoms with Crippen molar-refractivity contribution in [3.8, 4) is 11.5 Å². The van der Waals surface area contributed by atoms with Crippen molar-refractivity contribution in [3.63, 3.8) is 0 Å². The molecule has 116 valence electrons. The van der Waals surface area contributed by atoms with Crippen LogP contribution in [0.2, 0.25) is 0 Å². The molecule has 5 rings (SSSR count). The Morgan fingerprint density at radius 3 is 3.00 bits per heavy atom. The van der Waals surface area contributed by atoms with Gasteiger partial charge in [0.2, 0.25) is 0 Å². The molecule has 3 aliphatic rings.